The van der Waals surface area contributed by atoms with E-state index in [1.807, 2.05) is 6.92 Å². The molecular formula is C19H24FN3O2. The maximum Gasteiger partial charge on any atom is 0.276 e. The number of H-pyrrole nitrogens is 1. The van der Waals surface area contributed by atoms with Gasteiger partial charge in [-0.1, -0.05) is 38.2 Å². The minimum Gasteiger partial charge on any atom is -0.348 e. The molecule has 1 fully saturated rings. The molecule has 6 heteroatoms. The van der Waals surface area contributed by atoms with Crippen LogP contribution in [0.4, 0.5) is 4.39 Å². The Morgan fingerprint density at radius 2 is 2.12 bits per heavy atom. The van der Waals surface area contributed by atoms with Gasteiger partial charge in [0.05, 0.1) is 5.39 Å². The number of hydrogen-bond donors (Lipinski definition) is 2. The molecule has 0 aliphatic heterocycles. The Kier molecular flexibility index (Phi) is 5.46. The first-order valence-corrected chi connectivity index (χ1v) is 9.04. The quantitative estimate of drug-likeness (QED) is 0.870. The minimum absolute atomic E-state index is 0.0226. The molecule has 1 aliphatic carbocycles. The van der Waals surface area contributed by atoms with Gasteiger partial charge in [-0.15, -0.1) is 0 Å². The Morgan fingerprint density at radius 1 is 1.36 bits per heavy atom. The van der Waals surface area contributed by atoms with E-state index in [-0.39, 0.29) is 22.6 Å². The second kappa shape index (κ2) is 7.76. The van der Waals surface area contributed by atoms with E-state index in [4.69, 9.17) is 0 Å². The zero-order valence-corrected chi connectivity index (χ0v) is 14.5. The van der Waals surface area contributed by atoms with Gasteiger partial charge in [0.25, 0.3) is 5.91 Å². The second-order valence-electron chi connectivity index (χ2n) is 7.02. The van der Waals surface area contributed by atoms with E-state index < -0.39 is 17.2 Å². The van der Waals surface area contributed by atoms with Crippen molar-refractivity contribution in [2.45, 2.75) is 57.9 Å². The van der Waals surface area contributed by atoms with Gasteiger partial charge in [0.1, 0.15) is 11.3 Å². The number of nitrogens with one attached hydrogen (secondary N) is 2. The zero-order valence-electron chi connectivity index (χ0n) is 14.5. The predicted molar refractivity (Wildman–Crippen MR) is 95.1 cm³/mol. The SMILES string of the molecule is CC(CCC1CCCCC1)NC(=O)c1n[nH]c2c(F)cccc2c1=O. The highest BCUT2D eigenvalue weighted by Crippen LogP contribution is 2.27. The van der Waals surface area contributed by atoms with Crippen LogP contribution in [-0.2, 0) is 0 Å². The molecule has 0 bridgehead atoms. The maximum absolute atomic E-state index is 13.7. The van der Waals surface area contributed by atoms with Gasteiger partial charge in [-0.2, -0.15) is 5.10 Å². The molecule has 1 atom stereocenters. The number of aromatic nitrogens is 2. The average molecular weight is 345 g/mol. The van der Waals surface area contributed by atoms with Crippen LogP contribution in [0.1, 0.15) is 62.4 Å². The summed E-state index contributed by atoms with van der Waals surface area (Å²) in [5.74, 6) is -0.322. The molecule has 0 radical (unpaired) electrons. The van der Waals surface area contributed by atoms with Gasteiger partial charge in [-0.05, 0) is 37.8 Å². The number of carbonyl (C=O) groups is 1. The van der Waals surface area contributed by atoms with Crippen LogP contribution >= 0.6 is 0 Å². The highest BCUT2D eigenvalue weighted by molar-refractivity contribution is 5.95. The molecule has 0 saturated heterocycles. The fourth-order valence-electron chi connectivity index (χ4n) is 3.60. The molecular weight excluding hydrogens is 321 g/mol. The number of para-hydroxylation sites is 1. The first-order chi connectivity index (χ1) is 12.1. The molecule has 2 aromatic rings. The standard InChI is InChI=1S/C19H24FN3O2/c1-12(10-11-13-6-3-2-4-7-13)21-19(25)17-18(24)14-8-5-9-15(20)16(14)22-23-17/h5,8-9,12-13H,2-4,6-7,10-11H2,1H3,(H,21,25)(H,22,24). The summed E-state index contributed by atoms with van der Waals surface area (Å²) in [6.07, 6.45) is 8.47. The second-order valence-corrected chi connectivity index (χ2v) is 7.02. The molecule has 1 saturated carbocycles. The fourth-order valence-corrected chi connectivity index (χ4v) is 3.60. The van der Waals surface area contributed by atoms with Crippen molar-refractivity contribution in [1.29, 1.82) is 0 Å². The predicted octanol–water partition coefficient (Wildman–Crippen LogP) is 3.54. The summed E-state index contributed by atoms with van der Waals surface area (Å²) in [6.45, 7) is 1.94. The van der Waals surface area contributed by atoms with Gasteiger partial charge >= 0.3 is 0 Å². The molecule has 25 heavy (non-hydrogen) atoms. The van der Waals surface area contributed by atoms with Crippen LogP contribution in [0.15, 0.2) is 23.0 Å². The largest absolute Gasteiger partial charge is 0.348 e. The van der Waals surface area contributed by atoms with Gasteiger partial charge in [0.2, 0.25) is 5.43 Å². The molecule has 1 aliphatic rings. The molecule has 1 amide bonds. The first-order valence-electron chi connectivity index (χ1n) is 9.04. The van der Waals surface area contributed by atoms with Crippen LogP contribution in [0.3, 0.4) is 0 Å². The van der Waals surface area contributed by atoms with E-state index in [0.29, 0.717) is 0 Å². The molecule has 1 aromatic carbocycles. The highest BCUT2D eigenvalue weighted by Gasteiger charge is 2.19. The van der Waals surface area contributed by atoms with Crippen molar-refractivity contribution in [3.8, 4) is 0 Å². The molecule has 1 unspecified atom stereocenters. The van der Waals surface area contributed by atoms with Crippen molar-refractivity contribution in [3.05, 3.63) is 39.9 Å². The topological polar surface area (TPSA) is 74.8 Å². The number of benzene rings is 1. The van der Waals surface area contributed by atoms with Gasteiger partial charge < -0.3 is 5.32 Å². The number of nitrogens with zero attached hydrogens (tertiary/aromatic N) is 1. The number of hydrogen-bond acceptors (Lipinski definition) is 3. The number of fused-ring (bicyclic) bond motifs is 1. The summed E-state index contributed by atoms with van der Waals surface area (Å²) in [5.41, 5.74) is -0.748. The summed E-state index contributed by atoms with van der Waals surface area (Å²) >= 11 is 0. The van der Waals surface area contributed by atoms with Crippen LogP contribution in [0.5, 0.6) is 0 Å². The van der Waals surface area contributed by atoms with Crippen LogP contribution < -0.4 is 10.7 Å². The van der Waals surface area contributed by atoms with Crippen LogP contribution in [0.2, 0.25) is 0 Å². The number of amides is 1. The number of rotatable bonds is 5. The zero-order chi connectivity index (χ0) is 17.8. The van der Waals surface area contributed by atoms with Crippen molar-refractivity contribution >= 4 is 16.8 Å². The van der Waals surface area contributed by atoms with Gasteiger partial charge in [0.15, 0.2) is 5.69 Å². The molecule has 134 valence electrons. The van der Waals surface area contributed by atoms with Crippen molar-refractivity contribution in [1.82, 2.24) is 15.5 Å². The summed E-state index contributed by atoms with van der Waals surface area (Å²) in [5, 5.41) is 9.24. The third-order valence-electron chi connectivity index (χ3n) is 5.08. The lowest BCUT2D eigenvalue weighted by atomic mass is 9.85. The summed E-state index contributed by atoms with van der Waals surface area (Å²) < 4.78 is 13.7. The Morgan fingerprint density at radius 3 is 2.88 bits per heavy atom. The van der Waals surface area contributed by atoms with Crippen molar-refractivity contribution in [2.24, 2.45) is 5.92 Å². The van der Waals surface area contributed by atoms with Crippen LogP contribution in [0.25, 0.3) is 10.9 Å². The Hall–Kier alpha value is -2.24. The van der Waals surface area contributed by atoms with Crippen molar-refractivity contribution < 1.29 is 9.18 Å². The third kappa shape index (κ3) is 4.06. The fraction of sp³-hybridized carbons (Fsp3) is 0.526. The molecule has 0 spiro atoms. The van der Waals surface area contributed by atoms with Crippen molar-refractivity contribution in [3.63, 3.8) is 0 Å². The number of halogens is 1. The molecule has 1 heterocycles. The summed E-state index contributed by atoms with van der Waals surface area (Å²) in [4.78, 5) is 24.8. The average Bonchev–Trinajstić information content (AvgIpc) is 2.62. The lowest BCUT2D eigenvalue weighted by Gasteiger charge is -2.23. The first kappa shape index (κ1) is 17.6. The monoisotopic (exact) mass is 345 g/mol. The highest BCUT2D eigenvalue weighted by atomic mass is 19.1. The third-order valence-corrected chi connectivity index (χ3v) is 5.08. The lowest BCUT2D eigenvalue weighted by Crippen LogP contribution is -2.36. The minimum atomic E-state index is -0.560. The Labute approximate surface area is 146 Å². The molecule has 5 nitrogen and oxygen atoms in total. The lowest BCUT2D eigenvalue weighted by molar-refractivity contribution is 0.0929. The molecule has 3 rings (SSSR count). The van der Waals surface area contributed by atoms with E-state index in [9.17, 15) is 14.0 Å². The summed E-state index contributed by atoms with van der Waals surface area (Å²) in [7, 11) is 0. The van der Waals surface area contributed by atoms with E-state index in [1.54, 1.807) is 0 Å². The van der Waals surface area contributed by atoms with Crippen LogP contribution in [-0.4, -0.2) is 22.1 Å². The van der Waals surface area contributed by atoms with Gasteiger partial charge in [-0.25, -0.2) is 4.39 Å². The van der Waals surface area contributed by atoms with Crippen LogP contribution in [0, 0.1) is 11.7 Å². The van der Waals surface area contributed by atoms with E-state index in [2.05, 4.69) is 15.5 Å². The number of carbonyl (C=O) groups excluding carboxylic acids is 1. The Bertz CT molecular complexity index is 812. The Balaban J connectivity index is 1.65. The van der Waals surface area contributed by atoms with E-state index in [0.717, 1.165) is 18.8 Å². The normalized spacial score (nSPS) is 16.7. The molecule has 1 aromatic heterocycles. The summed E-state index contributed by atoms with van der Waals surface area (Å²) in [6, 6.07) is 4.15. The van der Waals surface area contributed by atoms with Gasteiger partial charge in [-0.3, -0.25) is 14.7 Å². The smallest absolute Gasteiger partial charge is 0.276 e. The maximum atomic E-state index is 13.7. The van der Waals surface area contributed by atoms with E-state index >= 15 is 0 Å². The van der Waals surface area contributed by atoms with E-state index in [1.165, 1.54) is 50.3 Å². The van der Waals surface area contributed by atoms with Gasteiger partial charge in [0, 0.05) is 6.04 Å². The number of aromatic amines is 1. The molecule has 2 N–H and O–H groups in total. The van der Waals surface area contributed by atoms with Crippen molar-refractivity contribution in [2.75, 3.05) is 0 Å².